The number of esters is 1. The highest BCUT2D eigenvalue weighted by Crippen LogP contribution is 2.34. The first kappa shape index (κ1) is 13.1. The number of aliphatic hydroxyl groups is 1. The second kappa shape index (κ2) is 5.11. The van der Waals surface area contributed by atoms with E-state index in [0.29, 0.717) is 12.0 Å². The number of carbonyl (C=O) groups excluding carboxylic acids is 1. The van der Waals surface area contributed by atoms with Crippen molar-refractivity contribution in [2.45, 2.75) is 45.3 Å². The van der Waals surface area contributed by atoms with Crippen LogP contribution in [0.1, 0.15) is 33.1 Å². The number of fused-ring (bicyclic) bond motifs is 1. The SMILES string of the molecule is C=C1C(=O)O[C@H]2/C=C(\C)C[C@H](O)/C=C(\C)CC[C@@H]12. The van der Waals surface area contributed by atoms with Crippen molar-refractivity contribution in [2.75, 3.05) is 0 Å². The van der Waals surface area contributed by atoms with E-state index in [4.69, 9.17) is 4.74 Å². The van der Waals surface area contributed by atoms with Gasteiger partial charge in [-0.2, -0.15) is 0 Å². The van der Waals surface area contributed by atoms with E-state index >= 15 is 0 Å². The summed E-state index contributed by atoms with van der Waals surface area (Å²) in [4.78, 5) is 11.6. The summed E-state index contributed by atoms with van der Waals surface area (Å²) >= 11 is 0. The van der Waals surface area contributed by atoms with Gasteiger partial charge in [0, 0.05) is 11.5 Å². The molecule has 0 radical (unpaired) electrons. The molecule has 0 saturated carbocycles. The minimum atomic E-state index is -0.446. The summed E-state index contributed by atoms with van der Waals surface area (Å²) in [6.07, 6.45) is 5.50. The van der Waals surface area contributed by atoms with Gasteiger partial charge in [-0.15, -0.1) is 0 Å². The lowest BCUT2D eigenvalue weighted by atomic mass is 9.88. The monoisotopic (exact) mass is 248 g/mol. The Hall–Kier alpha value is -1.35. The van der Waals surface area contributed by atoms with Crippen molar-refractivity contribution in [3.05, 3.63) is 35.5 Å². The maximum atomic E-state index is 11.6. The topological polar surface area (TPSA) is 46.5 Å². The average molecular weight is 248 g/mol. The minimum Gasteiger partial charge on any atom is -0.454 e. The van der Waals surface area contributed by atoms with Gasteiger partial charge in [-0.1, -0.05) is 23.8 Å². The summed E-state index contributed by atoms with van der Waals surface area (Å²) in [5.41, 5.74) is 2.78. The van der Waals surface area contributed by atoms with Gasteiger partial charge in [0.15, 0.2) is 0 Å². The number of rotatable bonds is 0. The molecule has 0 aromatic carbocycles. The zero-order chi connectivity index (χ0) is 13.3. The molecular weight excluding hydrogens is 228 g/mol. The predicted molar refractivity (Wildman–Crippen MR) is 69.9 cm³/mol. The Bertz CT molecular complexity index is 431. The van der Waals surface area contributed by atoms with Crippen LogP contribution >= 0.6 is 0 Å². The molecule has 0 amide bonds. The molecule has 0 aromatic heterocycles. The first-order valence-corrected chi connectivity index (χ1v) is 6.40. The van der Waals surface area contributed by atoms with Gasteiger partial charge in [-0.05, 0) is 39.2 Å². The normalized spacial score (nSPS) is 39.2. The lowest BCUT2D eigenvalue weighted by molar-refractivity contribution is -0.137. The largest absolute Gasteiger partial charge is 0.454 e. The average Bonchev–Trinajstić information content (AvgIpc) is 2.51. The predicted octanol–water partition coefficient (Wildman–Crippen LogP) is 2.52. The van der Waals surface area contributed by atoms with E-state index in [2.05, 4.69) is 6.58 Å². The molecule has 1 aliphatic heterocycles. The smallest absolute Gasteiger partial charge is 0.334 e. The summed E-state index contributed by atoms with van der Waals surface area (Å²) in [6, 6.07) is 0. The Morgan fingerprint density at radius 2 is 2.06 bits per heavy atom. The van der Waals surface area contributed by atoms with Crippen LogP contribution in [0.15, 0.2) is 35.5 Å². The molecule has 1 heterocycles. The first-order valence-electron chi connectivity index (χ1n) is 6.40. The quantitative estimate of drug-likeness (QED) is 0.407. The van der Waals surface area contributed by atoms with Gasteiger partial charge in [0.1, 0.15) is 6.10 Å². The highest BCUT2D eigenvalue weighted by atomic mass is 16.5. The van der Waals surface area contributed by atoms with Crippen molar-refractivity contribution >= 4 is 5.97 Å². The van der Waals surface area contributed by atoms with Crippen LogP contribution in [0, 0.1) is 5.92 Å². The van der Waals surface area contributed by atoms with Gasteiger partial charge in [-0.25, -0.2) is 4.79 Å². The van der Waals surface area contributed by atoms with Crippen LogP contribution in [-0.4, -0.2) is 23.3 Å². The highest BCUT2D eigenvalue weighted by molar-refractivity contribution is 5.91. The Balaban J connectivity index is 2.27. The minimum absolute atomic E-state index is 0.0750. The van der Waals surface area contributed by atoms with Crippen molar-refractivity contribution in [1.82, 2.24) is 0 Å². The molecule has 2 rings (SSSR count). The second-order valence-corrected chi connectivity index (χ2v) is 5.34. The first-order chi connectivity index (χ1) is 8.47. The zero-order valence-corrected chi connectivity index (χ0v) is 11.0. The van der Waals surface area contributed by atoms with Crippen molar-refractivity contribution in [3.8, 4) is 0 Å². The Morgan fingerprint density at radius 1 is 1.33 bits per heavy atom. The molecule has 1 N–H and O–H groups in total. The van der Waals surface area contributed by atoms with Crippen LogP contribution in [0.2, 0.25) is 0 Å². The van der Waals surface area contributed by atoms with Crippen LogP contribution in [-0.2, 0) is 9.53 Å². The van der Waals surface area contributed by atoms with E-state index < -0.39 is 6.10 Å². The fraction of sp³-hybridized carbons (Fsp3) is 0.533. The summed E-state index contributed by atoms with van der Waals surface area (Å²) in [7, 11) is 0. The van der Waals surface area contributed by atoms with Crippen LogP contribution in [0.3, 0.4) is 0 Å². The fourth-order valence-corrected chi connectivity index (χ4v) is 2.65. The van der Waals surface area contributed by atoms with Crippen molar-refractivity contribution in [1.29, 1.82) is 0 Å². The Labute approximate surface area is 108 Å². The molecule has 3 nitrogen and oxygen atoms in total. The van der Waals surface area contributed by atoms with E-state index in [9.17, 15) is 9.90 Å². The van der Waals surface area contributed by atoms with E-state index in [0.717, 1.165) is 24.0 Å². The standard InChI is InChI=1S/C15H20O3/c1-9-4-5-13-11(3)15(17)18-14(13)8-10(2)7-12(16)6-9/h6,8,12-14,16H,3-5,7H2,1-2H3/b9-6+,10-8+/t12-,13+,14+/m1/s1. The summed E-state index contributed by atoms with van der Waals surface area (Å²) in [5, 5.41) is 9.87. The number of hydrogen-bond acceptors (Lipinski definition) is 3. The molecule has 3 heteroatoms. The molecule has 1 fully saturated rings. The maximum Gasteiger partial charge on any atom is 0.334 e. The molecule has 0 spiro atoms. The van der Waals surface area contributed by atoms with Crippen molar-refractivity contribution in [2.24, 2.45) is 5.92 Å². The highest BCUT2D eigenvalue weighted by Gasteiger charge is 2.37. The molecule has 1 aliphatic carbocycles. The van der Waals surface area contributed by atoms with Gasteiger partial charge < -0.3 is 9.84 Å². The van der Waals surface area contributed by atoms with Gasteiger partial charge >= 0.3 is 5.97 Å². The van der Waals surface area contributed by atoms with E-state index in [1.807, 2.05) is 26.0 Å². The number of hydrogen-bond donors (Lipinski definition) is 1. The van der Waals surface area contributed by atoms with Crippen LogP contribution < -0.4 is 0 Å². The molecule has 3 atom stereocenters. The van der Waals surface area contributed by atoms with Crippen LogP contribution in [0.25, 0.3) is 0 Å². The number of ether oxygens (including phenoxy) is 1. The van der Waals surface area contributed by atoms with Crippen molar-refractivity contribution in [3.63, 3.8) is 0 Å². The maximum absolute atomic E-state index is 11.6. The number of carbonyl (C=O) groups is 1. The third kappa shape index (κ3) is 2.72. The van der Waals surface area contributed by atoms with Crippen LogP contribution in [0.4, 0.5) is 0 Å². The molecule has 1 saturated heterocycles. The molecule has 98 valence electrons. The Morgan fingerprint density at radius 3 is 2.78 bits per heavy atom. The third-order valence-corrected chi connectivity index (χ3v) is 3.66. The second-order valence-electron chi connectivity index (χ2n) is 5.34. The fourth-order valence-electron chi connectivity index (χ4n) is 2.65. The molecule has 0 bridgehead atoms. The van der Waals surface area contributed by atoms with Crippen LogP contribution in [0.5, 0.6) is 0 Å². The molecular formula is C15H20O3. The third-order valence-electron chi connectivity index (χ3n) is 3.66. The van der Waals surface area contributed by atoms with Gasteiger partial charge in [-0.3, -0.25) is 0 Å². The van der Waals surface area contributed by atoms with Crippen molar-refractivity contribution < 1.29 is 14.6 Å². The van der Waals surface area contributed by atoms with Gasteiger partial charge in [0.25, 0.3) is 0 Å². The van der Waals surface area contributed by atoms with Gasteiger partial charge in [0.2, 0.25) is 0 Å². The molecule has 18 heavy (non-hydrogen) atoms. The summed E-state index contributed by atoms with van der Waals surface area (Å²) < 4.78 is 5.33. The van der Waals surface area contributed by atoms with E-state index in [-0.39, 0.29) is 18.0 Å². The molecule has 0 aromatic rings. The number of allylic oxidation sites excluding steroid dienone is 1. The lowest BCUT2D eigenvalue weighted by Gasteiger charge is -2.18. The molecule has 2 aliphatic rings. The zero-order valence-electron chi connectivity index (χ0n) is 11.0. The van der Waals surface area contributed by atoms with Gasteiger partial charge in [0.05, 0.1) is 6.10 Å². The van der Waals surface area contributed by atoms with E-state index in [1.165, 1.54) is 0 Å². The molecule has 0 unspecified atom stereocenters. The summed E-state index contributed by atoms with van der Waals surface area (Å²) in [6.45, 7) is 7.81. The summed E-state index contributed by atoms with van der Waals surface area (Å²) in [5.74, 6) is -0.207. The lowest BCUT2D eigenvalue weighted by Crippen LogP contribution is -2.17. The Kier molecular flexibility index (Phi) is 3.71. The van der Waals surface area contributed by atoms with E-state index in [1.54, 1.807) is 0 Å². The number of aliphatic hydroxyl groups excluding tert-OH is 1.